The molecule has 0 bridgehead atoms. The molecule has 10 heteroatoms. The van der Waals surface area contributed by atoms with E-state index >= 15 is 0 Å². The molecule has 4 N–H and O–H groups in total. The van der Waals surface area contributed by atoms with Crippen LogP contribution in [0.2, 0.25) is 0 Å². The van der Waals surface area contributed by atoms with E-state index in [1.165, 1.54) is 24.3 Å². The molecule has 0 unspecified atom stereocenters. The van der Waals surface area contributed by atoms with Crippen molar-refractivity contribution in [1.29, 1.82) is 0 Å². The highest BCUT2D eigenvalue weighted by molar-refractivity contribution is 7.85. The zero-order valence-electron chi connectivity index (χ0n) is 16.2. The van der Waals surface area contributed by atoms with Crippen molar-refractivity contribution in [2.45, 2.75) is 31.2 Å². The summed E-state index contributed by atoms with van der Waals surface area (Å²) in [5, 5.41) is 3.25. The van der Waals surface area contributed by atoms with Gasteiger partial charge in [-0.3, -0.25) is 20.4 Å². The Morgan fingerprint density at radius 3 is 2.17 bits per heavy atom. The monoisotopic (exact) mass is 414 g/mol. The maximum absolute atomic E-state index is 11.1. The van der Waals surface area contributed by atoms with Crippen molar-refractivity contribution in [2.24, 2.45) is 0 Å². The van der Waals surface area contributed by atoms with Crippen LogP contribution in [0.3, 0.4) is 0 Å². The number of nitrogens with zero attached hydrogens (tertiary/aromatic N) is 3. The van der Waals surface area contributed by atoms with Gasteiger partial charge in [0.15, 0.2) is 5.82 Å². The summed E-state index contributed by atoms with van der Waals surface area (Å²) in [4.78, 5) is 12.9. The van der Waals surface area contributed by atoms with Gasteiger partial charge in [-0.15, -0.1) is 0 Å². The molecular weight excluding hydrogens is 392 g/mol. The molecule has 0 aliphatic rings. The van der Waals surface area contributed by atoms with E-state index in [9.17, 15) is 8.42 Å². The van der Waals surface area contributed by atoms with Gasteiger partial charge in [0.05, 0.1) is 16.3 Å². The fourth-order valence-corrected chi connectivity index (χ4v) is 2.90. The van der Waals surface area contributed by atoms with Crippen molar-refractivity contribution in [1.82, 2.24) is 15.0 Å². The van der Waals surface area contributed by atoms with E-state index in [1.54, 1.807) is 18.5 Å². The topological polar surface area (TPSA) is 129 Å². The molecule has 0 aliphatic carbocycles. The van der Waals surface area contributed by atoms with Crippen LogP contribution in [0.4, 0.5) is 17.5 Å². The highest BCUT2D eigenvalue weighted by atomic mass is 32.2. The number of pyridine rings is 1. The van der Waals surface area contributed by atoms with Crippen molar-refractivity contribution in [3.63, 3.8) is 0 Å². The summed E-state index contributed by atoms with van der Waals surface area (Å²) in [6, 6.07) is 11.1. The van der Waals surface area contributed by atoms with Crippen LogP contribution in [0, 0.1) is 0 Å². The minimum Gasteiger partial charge on any atom is -0.350 e. The van der Waals surface area contributed by atoms with Crippen molar-refractivity contribution in [3.8, 4) is 11.3 Å². The van der Waals surface area contributed by atoms with Crippen molar-refractivity contribution in [3.05, 3.63) is 54.9 Å². The third kappa shape index (κ3) is 5.87. The average molecular weight is 414 g/mol. The van der Waals surface area contributed by atoms with Gasteiger partial charge in [-0.1, -0.05) is 0 Å². The lowest BCUT2D eigenvalue weighted by molar-refractivity contribution is 0.483. The SMILES string of the molecule is CC(C)(C)Nc1nc(NNc2ccc(S(=O)(=O)O)cc2)cc(-c2ccncc2)n1. The van der Waals surface area contributed by atoms with E-state index in [1.807, 2.05) is 32.9 Å². The van der Waals surface area contributed by atoms with Crippen LogP contribution in [-0.4, -0.2) is 33.5 Å². The molecule has 3 aromatic rings. The second-order valence-corrected chi connectivity index (χ2v) is 8.74. The minimum atomic E-state index is -4.23. The summed E-state index contributed by atoms with van der Waals surface area (Å²) in [5.41, 5.74) is 7.90. The third-order valence-corrected chi connectivity index (χ3v) is 4.54. The molecule has 152 valence electrons. The molecule has 0 saturated heterocycles. The maximum atomic E-state index is 11.1. The van der Waals surface area contributed by atoms with Gasteiger partial charge in [-0.25, -0.2) is 4.98 Å². The van der Waals surface area contributed by atoms with Gasteiger partial charge in [-0.05, 0) is 57.2 Å². The molecule has 3 rings (SSSR count). The minimum absolute atomic E-state index is 0.179. The van der Waals surface area contributed by atoms with Crippen LogP contribution < -0.4 is 16.2 Å². The van der Waals surface area contributed by atoms with Crippen molar-refractivity contribution in [2.75, 3.05) is 16.2 Å². The molecule has 0 spiro atoms. The maximum Gasteiger partial charge on any atom is 0.294 e. The highest BCUT2D eigenvalue weighted by Crippen LogP contribution is 2.23. The largest absolute Gasteiger partial charge is 0.350 e. The first kappa shape index (κ1) is 20.5. The smallest absolute Gasteiger partial charge is 0.294 e. The lowest BCUT2D eigenvalue weighted by Crippen LogP contribution is -2.27. The molecule has 2 aromatic heterocycles. The molecule has 0 radical (unpaired) electrons. The summed E-state index contributed by atoms with van der Waals surface area (Å²) < 4.78 is 31.3. The first-order valence-corrected chi connectivity index (χ1v) is 10.2. The summed E-state index contributed by atoms with van der Waals surface area (Å²) in [6.07, 6.45) is 3.38. The first-order chi connectivity index (χ1) is 13.6. The number of nitrogens with one attached hydrogen (secondary N) is 3. The zero-order chi connectivity index (χ0) is 21.1. The van der Waals surface area contributed by atoms with Crippen molar-refractivity contribution < 1.29 is 13.0 Å². The molecular formula is C19H22N6O3S. The molecule has 0 fully saturated rings. The van der Waals surface area contributed by atoms with Crippen LogP contribution in [0.5, 0.6) is 0 Å². The lowest BCUT2D eigenvalue weighted by atomic mass is 10.1. The van der Waals surface area contributed by atoms with Gasteiger partial charge in [0.1, 0.15) is 0 Å². The molecule has 2 heterocycles. The molecule has 9 nitrogen and oxygen atoms in total. The number of anilines is 3. The number of hydrazine groups is 1. The number of benzene rings is 1. The number of hydrogen-bond donors (Lipinski definition) is 4. The molecule has 0 amide bonds. The Bertz CT molecular complexity index is 1080. The van der Waals surface area contributed by atoms with Gasteiger partial charge in [-0.2, -0.15) is 13.4 Å². The fourth-order valence-electron chi connectivity index (χ4n) is 2.42. The second-order valence-electron chi connectivity index (χ2n) is 7.32. The van der Waals surface area contributed by atoms with Crippen LogP contribution in [0.1, 0.15) is 20.8 Å². The van der Waals surface area contributed by atoms with E-state index in [2.05, 4.69) is 31.1 Å². The second kappa shape index (κ2) is 8.02. The first-order valence-electron chi connectivity index (χ1n) is 8.77. The highest BCUT2D eigenvalue weighted by Gasteiger charge is 2.14. The van der Waals surface area contributed by atoms with Gasteiger partial charge in [0.2, 0.25) is 5.95 Å². The van der Waals surface area contributed by atoms with E-state index in [0.29, 0.717) is 23.1 Å². The quantitative estimate of drug-likeness (QED) is 0.354. The summed E-state index contributed by atoms with van der Waals surface area (Å²) in [7, 11) is -4.23. The standard InChI is InChI=1S/C19H22N6O3S/c1-19(2,3)23-18-21-16(13-8-10-20-11-9-13)12-17(22-18)25-24-14-4-6-15(7-5-14)29(26,27)28/h4-12,24H,1-3H3,(H,26,27,28)(H2,21,22,23,25). The average Bonchev–Trinajstić information content (AvgIpc) is 2.65. The number of rotatable bonds is 6. The van der Waals surface area contributed by atoms with E-state index in [0.717, 1.165) is 5.56 Å². The lowest BCUT2D eigenvalue weighted by Gasteiger charge is -2.21. The Hall–Kier alpha value is -3.24. The molecule has 0 saturated carbocycles. The molecule has 29 heavy (non-hydrogen) atoms. The Morgan fingerprint density at radius 2 is 1.59 bits per heavy atom. The summed E-state index contributed by atoms with van der Waals surface area (Å²) in [6.45, 7) is 6.03. The zero-order valence-corrected chi connectivity index (χ0v) is 17.0. The Morgan fingerprint density at radius 1 is 0.931 bits per heavy atom. The molecule has 0 aliphatic heterocycles. The Labute approximate surface area is 169 Å². The number of aromatic nitrogens is 3. The van der Waals surface area contributed by atoms with Gasteiger partial charge in [0, 0.05) is 29.6 Å². The normalized spacial score (nSPS) is 11.7. The summed E-state index contributed by atoms with van der Waals surface area (Å²) >= 11 is 0. The van der Waals surface area contributed by atoms with Crippen LogP contribution in [0.25, 0.3) is 11.3 Å². The van der Waals surface area contributed by atoms with Gasteiger partial charge < -0.3 is 5.32 Å². The predicted octanol–water partition coefficient (Wildman–Crippen LogP) is 3.43. The van der Waals surface area contributed by atoms with E-state index < -0.39 is 10.1 Å². The number of hydrogen-bond acceptors (Lipinski definition) is 8. The predicted molar refractivity (Wildman–Crippen MR) is 112 cm³/mol. The van der Waals surface area contributed by atoms with Crippen LogP contribution >= 0.6 is 0 Å². The van der Waals surface area contributed by atoms with Gasteiger partial charge >= 0.3 is 0 Å². The van der Waals surface area contributed by atoms with Crippen LogP contribution in [0.15, 0.2) is 59.8 Å². The Balaban J connectivity index is 1.85. The van der Waals surface area contributed by atoms with Crippen LogP contribution in [-0.2, 0) is 10.1 Å². The third-order valence-electron chi connectivity index (χ3n) is 3.68. The Kier molecular flexibility index (Phi) is 5.66. The van der Waals surface area contributed by atoms with Gasteiger partial charge in [0.25, 0.3) is 10.1 Å². The van der Waals surface area contributed by atoms with E-state index in [4.69, 9.17) is 4.55 Å². The fraction of sp³-hybridized carbons (Fsp3) is 0.211. The van der Waals surface area contributed by atoms with Crippen molar-refractivity contribution >= 4 is 27.6 Å². The van der Waals surface area contributed by atoms with E-state index in [-0.39, 0.29) is 10.4 Å². The summed E-state index contributed by atoms with van der Waals surface area (Å²) in [5.74, 6) is 0.968. The molecule has 0 atom stereocenters. The molecule has 1 aromatic carbocycles.